The Kier molecular flexibility index (Phi) is 9.45. The Balaban J connectivity index is 1.69. The van der Waals surface area contributed by atoms with Gasteiger partial charge in [0, 0.05) is 32.7 Å². The number of hydrogen-bond donors (Lipinski definition) is 2. The summed E-state index contributed by atoms with van der Waals surface area (Å²) in [5.41, 5.74) is 1.20. The summed E-state index contributed by atoms with van der Waals surface area (Å²) in [7, 11) is 2.13. The number of morpholine rings is 1. The minimum absolute atomic E-state index is 0.212. The van der Waals surface area contributed by atoms with Gasteiger partial charge in [0.25, 0.3) is 0 Å². The third kappa shape index (κ3) is 8.17. The van der Waals surface area contributed by atoms with Crippen LogP contribution in [0.4, 0.5) is 0 Å². The van der Waals surface area contributed by atoms with Crippen LogP contribution in [0.25, 0.3) is 0 Å². The van der Waals surface area contributed by atoms with Crippen LogP contribution in [0.15, 0.2) is 35.3 Å². The monoisotopic (exact) mass is 362 g/mol. The molecule has 1 fully saturated rings. The number of guanidine groups is 1. The lowest BCUT2D eigenvalue weighted by Crippen LogP contribution is -2.48. The molecule has 0 aliphatic carbocycles. The van der Waals surface area contributed by atoms with Gasteiger partial charge in [-0.2, -0.15) is 0 Å². The van der Waals surface area contributed by atoms with Crippen molar-refractivity contribution >= 4 is 5.96 Å². The lowest BCUT2D eigenvalue weighted by atomic mass is 10.2. The van der Waals surface area contributed by atoms with Gasteiger partial charge in [-0.3, -0.25) is 4.99 Å². The molecule has 1 aliphatic heterocycles. The van der Waals surface area contributed by atoms with Crippen LogP contribution in [0.3, 0.4) is 0 Å². The molecule has 6 nitrogen and oxygen atoms in total. The first-order valence-electron chi connectivity index (χ1n) is 9.61. The highest BCUT2D eigenvalue weighted by Crippen LogP contribution is 2.04. The van der Waals surface area contributed by atoms with E-state index in [0.717, 1.165) is 45.3 Å². The first kappa shape index (κ1) is 20.7. The first-order chi connectivity index (χ1) is 12.7. The Morgan fingerprint density at radius 3 is 2.88 bits per heavy atom. The maximum Gasteiger partial charge on any atom is 0.191 e. The highest BCUT2D eigenvalue weighted by Gasteiger charge is 2.17. The molecule has 2 unspecified atom stereocenters. The van der Waals surface area contributed by atoms with E-state index < -0.39 is 0 Å². The van der Waals surface area contributed by atoms with Crippen LogP contribution >= 0.6 is 0 Å². The summed E-state index contributed by atoms with van der Waals surface area (Å²) in [5.74, 6) is 1.21. The van der Waals surface area contributed by atoms with Crippen molar-refractivity contribution in [3.8, 4) is 0 Å². The zero-order valence-corrected chi connectivity index (χ0v) is 16.4. The predicted octanol–water partition coefficient (Wildman–Crippen LogP) is 1.73. The predicted molar refractivity (Wildman–Crippen MR) is 106 cm³/mol. The number of nitrogens with one attached hydrogen (secondary N) is 2. The molecule has 1 heterocycles. The van der Waals surface area contributed by atoms with Crippen LogP contribution in [-0.4, -0.2) is 69.9 Å². The van der Waals surface area contributed by atoms with Gasteiger partial charge in [-0.25, -0.2) is 0 Å². The molecule has 6 heteroatoms. The maximum absolute atomic E-state index is 5.81. The lowest BCUT2D eigenvalue weighted by Gasteiger charge is -2.30. The molecular formula is C20H34N4O2. The second-order valence-corrected chi connectivity index (χ2v) is 6.96. The zero-order valence-electron chi connectivity index (χ0n) is 16.4. The van der Waals surface area contributed by atoms with Crippen molar-refractivity contribution in [3.05, 3.63) is 35.9 Å². The molecule has 1 aliphatic rings. The second-order valence-electron chi connectivity index (χ2n) is 6.96. The van der Waals surface area contributed by atoms with Gasteiger partial charge in [0.15, 0.2) is 5.96 Å². The van der Waals surface area contributed by atoms with Crippen LogP contribution < -0.4 is 10.6 Å². The van der Waals surface area contributed by atoms with Gasteiger partial charge in [-0.1, -0.05) is 37.3 Å². The molecule has 1 aromatic rings. The summed E-state index contributed by atoms with van der Waals surface area (Å²) in [6, 6.07) is 10.3. The molecule has 0 saturated carbocycles. The number of aliphatic imine (C=N–C) groups is 1. The molecule has 2 rings (SSSR count). The van der Waals surface area contributed by atoms with Gasteiger partial charge in [0.1, 0.15) is 0 Å². The topological polar surface area (TPSA) is 58.1 Å². The van der Waals surface area contributed by atoms with Crippen LogP contribution in [0.1, 0.15) is 19.4 Å². The minimum atomic E-state index is 0.212. The number of rotatable bonds is 9. The molecule has 0 amide bonds. The first-order valence-corrected chi connectivity index (χ1v) is 9.61. The molecule has 0 radical (unpaired) electrons. The Hall–Kier alpha value is -1.63. The average molecular weight is 363 g/mol. The Morgan fingerprint density at radius 1 is 1.35 bits per heavy atom. The number of nitrogens with zero attached hydrogens (tertiary/aromatic N) is 2. The fourth-order valence-corrected chi connectivity index (χ4v) is 2.79. The van der Waals surface area contributed by atoms with Crippen molar-refractivity contribution in [2.75, 3.05) is 53.0 Å². The number of hydrogen-bond acceptors (Lipinski definition) is 4. The maximum atomic E-state index is 5.81. The van der Waals surface area contributed by atoms with E-state index in [1.165, 1.54) is 5.56 Å². The molecule has 0 aromatic heterocycles. The highest BCUT2D eigenvalue weighted by atomic mass is 16.5. The van der Waals surface area contributed by atoms with Crippen LogP contribution in [0.2, 0.25) is 0 Å². The molecule has 0 bridgehead atoms. The fourth-order valence-electron chi connectivity index (χ4n) is 2.79. The molecular weight excluding hydrogens is 328 g/mol. The van der Waals surface area contributed by atoms with Gasteiger partial charge in [0.2, 0.25) is 0 Å². The van der Waals surface area contributed by atoms with E-state index >= 15 is 0 Å². The molecule has 1 aromatic carbocycles. The van der Waals surface area contributed by atoms with Gasteiger partial charge >= 0.3 is 0 Å². The number of benzene rings is 1. The van der Waals surface area contributed by atoms with Crippen molar-refractivity contribution in [1.29, 1.82) is 0 Å². The van der Waals surface area contributed by atoms with Crippen molar-refractivity contribution in [2.24, 2.45) is 10.9 Å². The Labute approximate surface area is 158 Å². The van der Waals surface area contributed by atoms with Crippen molar-refractivity contribution in [3.63, 3.8) is 0 Å². The SMILES string of the molecule is CCNC(=NCC(C)COCc1ccccc1)NCC1CN(C)CCO1. The van der Waals surface area contributed by atoms with Crippen molar-refractivity contribution in [2.45, 2.75) is 26.6 Å². The third-order valence-electron chi connectivity index (χ3n) is 4.26. The Bertz CT molecular complexity index is 524. The van der Waals surface area contributed by atoms with Crippen LogP contribution in [0, 0.1) is 5.92 Å². The number of ether oxygens (including phenoxy) is 2. The molecule has 2 atom stereocenters. The summed E-state index contributed by atoms with van der Waals surface area (Å²) in [4.78, 5) is 6.99. The van der Waals surface area contributed by atoms with E-state index in [-0.39, 0.29) is 6.10 Å². The summed E-state index contributed by atoms with van der Waals surface area (Å²) >= 11 is 0. The molecule has 146 valence electrons. The van der Waals surface area contributed by atoms with Gasteiger partial charge in [-0.15, -0.1) is 0 Å². The van der Waals surface area contributed by atoms with E-state index in [1.54, 1.807) is 0 Å². The molecule has 0 spiro atoms. The van der Waals surface area contributed by atoms with E-state index in [4.69, 9.17) is 9.47 Å². The fraction of sp³-hybridized carbons (Fsp3) is 0.650. The van der Waals surface area contributed by atoms with E-state index in [1.807, 2.05) is 18.2 Å². The summed E-state index contributed by atoms with van der Waals surface area (Å²) < 4.78 is 11.6. The van der Waals surface area contributed by atoms with Crippen LogP contribution in [0.5, 0.6) is 0 Å². The van der Waals surface area contributed by atoms with Gasteiger partial charge in [-0.05, 0) is 25.5 Å². The summed E-state index contributed by atoms with van der Waals surface area (Å²) in [5, 5.41) is 6.69. The third-order valence-corrected chi connectivity index (χ3v) is 4.26. The summed E-state index contributed by atoms with van der Waals surface area (Å²) in [6.45, 7) is 10.7. The highest BCUT2D eigenvalue weighted by molar-refractivity contribution is 5.79. The molecule has 26 heavy (non-hydrogen) atoms. The smallest absolute Gasteiger partial charge is 0.191 e. The normalized spacial score (nSPS) is 20.0. The largest absolute Gasteiger partial charge is 0.376 e. The Morgan fingerprint density at radius 2 is 2.15 bits per heavy atom. The van der Waals surface area contributed by atoms with Gasteiger partial charge < -0.3 is 25.0 Å². The average Bonchev–Trinajstić information content (AvgIpc) is 2.65. The zero-order chi connectivity index (χ0) is 18.6. The van der Waals surface area contributed by atoms with Crippen LogP contribution in [-0.2, 0) is 16.1 Å². The van der Waals surface area contributed by atoms with E-state index in [0.29, 0.717) is 19.1 Å². The van der Waals surface area contributed by atoms with Crippen molar-refractivity contribution < 1.29 is 9.47 Å². The molecule has 2 N–H and O–H groups in total. The minimum Gasteiger partial charge on any atom is -0.376 e. The van der Waals surface area contributed by atoms with E-state index in [2.05, 4.69) is 53.6 Å². The second kappa shape index (κ2) is 11.9. The standard InChI is InChI=1S/C20H34N4O2/c1-4-21-20(23-13-19-14-24(3)10-11-26-19)22-12-17(2)15-25-16-18-8-6-5-7-9-18/h5-9,17,19H,4,10-16H2,1-3H3,(H2,21,22,23). The quantitative estimate of drug-likeness (QED) is 0.517. The van der Waals surface area contributed by atoms with Crippen molar-refractivity contribution in [1.82, 2.24) is 15.5 Å². The number of likely N-dealkylation sites (N-methyl/N-ethyl adjacent to an activating group) is 1. The molecule has 1 saturated heterocycles. The lowest BCUT2D eigenvalue weighted by molar-refractivity contribution is -0.0161. The summed E-state index contributed by atoms with van der Waals surface area (Å²) in [6.07, 6.45) is 0.212. The van der Waals surface area contributed by atoms with Gasteiger partial charge in [0.05, 0.1) is 25.9 Å². The van der Waals surface area contributed by atoms with E-state index in [9.17, 15) is 0 Å².